The number of halogens is 2. The topological polar surface area (TPSA) is 66.0 Å². The summed E-state index contributed by atoms with van der Waals surface area (Å²) < 4.78 is 5.18. The number of hydrogen-bond donors (Lipinski definition) is 2. The van der Waals surface area contributed by atoms with Crippen molar-refractivity contribution < 1.29 is 9.53 Å². The summed E-state index contributed by atoms with van der Waals surface area (Å²) in [5.41, 5.74) is 2.74. The van der Waals surface area contributed by atoms with Crippen LogP contribution in [-0.2, 0) is 11.3 Å². The highest BCUT2D eigenvalue weighted by Gasteiger charge is 2.09. The standard InChI is InChI=1S/C21H27ClN4O2.HI/c1-15-18(22)6-5-7-19(15)25-20(27)12-13-24-21(23-2)26(3)14-16-8-10-17(28-4)11-9-16;/h5-11H,12-14H2,1-4H3,(H,23,24)(H,25,27);1H. The lowest BCUT2D eigenvalue weighted by Crippen LogP contribution is -2.39. The number of benzene rings is 2. The third-order valence-electron chi connectivity index (χ3n) is 4.33. The summed E-state index contributed by atoms with van der Waals surface area (Å²) in [7, 11) is 5.33. The predicted molar refractivity (Wildman–Crippen MR) is 131 cm³/mol. The number of amides is 1. The van der Waals surface area contributed by atoms with Gasteiger partial charge in [0.15, 0.2) is 5.96 Å². The molecule has 2 rings (SSSR count). The predicted octanol–water partition coefficient (Wildman–Crippen LogP) is 4.31. The third kappa shape index (κ3) is 7.74. The van der Waals surface area contributed by atoms with Gasteiger partial charge in [-0.15, -0.1) is 24.0 Å². The highest BCUT2D eigenvalue weighted by Crippen LogP contribution is 2.22. The van der Waals surface area contributed by atoms with Gasteiger partial charge in [0.2, 0.25) is 5.91 Å². The molecule has 0 spiro atoms. The smallest absolute Gasteiger partial charge is 0.226 e. The average Bonchev–Trinajstić information content (AvgIpc) is 2.69. The molecule has 158 valence electrons. The van der Waals surface area contributed by atoms with Crippen LogP contribution in [-0.4, -0.2) is 44.5 Å². The number of methoxy groups -OCH3 is 1. The van der Waals surface area contributed by atoms with Gasteiger partial charge in [0.1, 0.15) is 5.75 Å². The number of hydrogen-bond acceptors (Lipinski definition) is 3. The van der Waals surface area contributed by atoms with E-state index in [4.69, 9.17) is 16.3 Å². The molecule has 2 aromatic rings. The van der Waals surface area contributed by atoms with Crippen molar-refractivity contribution in [2.45, 2.75) is 19.9 Å². The van der Waals surface area contributed by atoms with E-state index in [-0.39, 0.29) is 29.9 Å². The van der Waals surface area contributed by atoms with Crippen LogP contribution in [0.2, 0.25) is 5.02 Å². The number of nitrogens with zero attached hydrogens (tertiary/aromatic N) is 2. The lowest BCUT2D eigenvalue weighted by molar-refractivity contribution is -0.116. The van der Waals surface area contributed by atoms with Crippen molar-refractivity contribution in [3.8, 4) is 5.75 Å². The molecule has 0 bridgehead atoms. The molecule has 0 fully saturated rings. The molecule has 2 N–H and O–H groups in total. The van der Waals surface area contributed by atoms with Gasteiger partial charge in [-0.25, -0.2) is 0 Å². The Bertz CT molecular complexity index is 828. The van der Waals surface area contributed by atoms with Crippen molar-refractivity contribution in [1.29, 1.82) is 0 Å². The van der Waals surface area contributed by atoms with Crippen LogP contribution in [0.15, 0.2) is 47.5 Å². The van der Waals surface area contributed by atoms with Crippen LogP contribution in [0.4, 0.5) is 5.69 Å². The minimum atomic E-state index is -0.0777. The highest BCUT2D eigenvalue weighted by atomic mass is 127. The Labute approximate surface area is 194 Å². The summed E-state index contributed by atoms with van der Waals surface area (Å²) in [5.74, 6) is 1.48. The number of carbonyl (C=O) groups is 1. The van der Waals surface area contributed by atoms with E-state index in [1.54, 1.807) is 20.2 Å². The number of rotatable bonds is 7. The van der Waals surface area contributed by atoms with Crippen LogP contribution in [0.5, 0.6) is 5.75 Å². The number of aliphatic imine (C=N–C) groups is 1. The molecule has 0 aliphatic heterocycles. The number of guanidine groups is 1. The normalized spacial score (nSPS) is 10.7. The van der Waals surface area contributed by atoms with E-state index in [0.717, 1.165) is 28.5 Å². The number of carbonyl (C=O) groups excluding carboxylic acids is 1. The summed E-state index contributed by atoms with van der Waals surface area (Å²) in [4.78, 5) is 18.5. The monoisotopic (exact) mass is 530 g/mol. The van der Waals surface area contributed by atoms with Crippen molar-refractivity contribution in [3.05, 3.63) is 58.6 Å². The van der Waals surface area contributed by atoms with Gasteiger partial charge in [0.25, 0.3) is 0 Å². The van der Waals surface area contributed by atoms with E-state index in [2.05, 4.69) is 15.6 Å². The number of ether oxygens (including phenoxy) is 1. The summed E-state index contributed by atoms with van der Waals surface area (Å²) in [6.07, 6.45) is 0.321. The molecule has 8 heteroatoms. The van der Waals surface area contributed by atoms with Crippen LogP contribution in [0.1, 0.15) is 17.5 Å². The second-order valence-corrected chi connectivity index (χ2v) is 6.80. The summed E-state index contributed by atoms with van der Waals surface area (Å²) in [6, 6.07) is 13.4. The lowest BCUT2D eigenvalue weighted by Gasteiger charge is -2.22. The van der Waals surface area contributed by atoms with E-state index in [0.29, 0.717) is 24.5 Å². The minimum Gasteiger partial charge on any atom is -0.497 e. The second kappa shape index (κ2) is 12.5. The quantitative estimate of drug-likeness (QED) is 0.318. The molecule has 2 aromatic carbocycles. The van der Waals surface area contributed by atoms with Gasteiger partial charge in [-0.2, -0.15) is 0 Å². The molecule has 0 saturated carbocycles. The van der Waals surface area contributed by atoms with Crippen LogP contribution in [0, 0.1) is 6.92 Å². The van der Waals surface area contributed by atoms with Gasteiger partial charge in [0, 0.05) is 44.3 Å². The Morgan fingerprint density at radius 2 is 1.90 bits per heavy atom. The van der Waals surface area contributed by atoms with Crippen LogP contribution in [0.3, 0.4) is 0 Å². The fourth-order valence-electron chi connectivity index (χ4n) is 2.71. The molecule has 0 heterocycles. The Balaban J connectivity index is 0.00000420. The number of nitrogens with one attached hydrogen (secondary N) is 2. The van der Waals surface area contributed by atoms with Gasteiger partial charge in [0.05, 0.1) is 7.11 Å². The maximum atomic E-state index is 12.2. The Morgan fingerprint density at radius 1 is 1.21 bits per heavy atom. The van der Waals surface area contributed by atoms with Gasteiger partial charge in [-0.05, 0) is 42.3 Å². The fraction of sp³-hybridized carbons (Fsp3) is 0.333. The molecular formula is C21H28ClIN4O2. The minimum absolute atomic E-state index is 0. The van der Waals surface area contributed by atoms with Gasteiger partial charge in [-0.1, -0.05) is 29.8 Å². The molecule has 0 atom stereocenters. The second-order valence-electron chi connectivity index (χ2n) is 6.39. The molecule has 0 aromatic heterocycles. The molecule has 1 amide bonds. The zero-order valence-electron chi connectivity index (χ0n) is 17.2. The first-order chi connectivity index (χ1) is 13.4. The van der Waals surface area contributed by atoms with E-state index in [1.165, 1.54) is 0 Å². The zero-order valence-corrected chi connectivity index (χ0v) is 20.2. The van der Waals surface area contributed by atoms with E-state index >= 15 is 0 Å². The third-order valence-corrected chi connectivity index (χ3v) is 4.74. The molecule has 0 radical (unpaired) electrons. The van der Waals surface area contributed by atoms with E-state index < -0.39 is 0 Å². The number of anilines is 1. The molecule has 0 unspecified atom stereocenters. The molecular weight excluding hydrogens is 503 g/mol. The lowest BCUT2D eigenvalue weighted by atomic mass is 10.2. The first kappa shape index (κ1) is 25.0. The van der Waals surface area contributed by atoms with Crippen LogP contribution in [0.25, 0.3) is 0 Å². The van der Waals surface area contributed by atoms with Gasteiger partial charge in [-0.3, -0.25) is 9.79 Å². The van der Waals surface area contributed by atoms with Crippen molar-refractivity contribution in [3.63, 3.8) is 0 Å². The Morgan fingerprint density at radius 3 is 2.52 bits per heavy atom. The van der Waals surface area contributed by atoms with Gasteiger partial charge < -0.3 is 20.3 Å². The first-order valence-electron chi connectivity index (χ1n) is 9.04. The van der Waals surface area contributed by atoms with Crippen molar-refractivity contribution in [1.82, 2.24) is 10.2 Å². The molecule has 6 nitrogen and oxygen atoms in total. The van der Waals surface area contributed by atoms with Crippen molar-refractivity contribution in [2.24, 2.45) is 4.99 Å². The van der Waals surface area contributed by atoms with Crippen LogP contribution >= 0.6 is 35.6 Å². The van der Waals surface area contributed by atoms with Gasteiger partial charge >= 0.3 is 0 Å². The Kier molecular flexibility index (Phi) is 10.8. The molecule has 0 aliphatic carbocycles. The van der Waals surface area contributed by atoms with Crippen molar-refractivity contribution >= 4 is 53.1 Å². The maximum Gasteiger partial charge on any atom is 0.226 e. The average molecular weight is 531 g/mol. The van der Waals surface area contributed by atoms with E-state index in [1.807, 2.05) is 55.3 Å². The van der Waals surface area contributed by atoms with Crippen LogP contribution < -0.4 is 15.4 Å². The van der Waals surface area contributed by atoms with Crippen molar-refractivity contribution in [2.75, 3.05) is 33.1 Å². The summed E-state index contributed by atoms with van der Waals surface area (Å²) >= 11 is 6.09. The molecule has 29 heavy (non-hydrogen) atoms. The largest absolute Gasteiger partial charge is 0.497 e. The summed E-state index contributed by atoms with van der Waals surface area (Å²) in [6.45, 7) is 3.05. The first-order valence-corrected chi connectivity index (χ1v) is 9.42. The summed E-state index contributed by atoms with van der Waals surface area (Å²) in [5, 5.41) is 6.75. The zero-order chi connectivity index (χ0) is 20.5. The molecule has 0 aliphatic rings. The highest BCUT2D eigenvalue weighted by molar-refractivity contribution is 14.0. The SMILES string of the molecule is CN=C(NCCC(=O)Nc1cccc(Cl)c1C)N(C)Cc1ccc(OC)cc1.I. The fourth-order valence-corrected chi connectivity index (χ4v) is 2.88. The van der Waals surface area contributed by atoms with E-state index in [9.17, 15) is 4.79 Å². The molecule has 0 saturated heterocycles. The maximum absolute atomic E-state index is 12.2. The Hall–Kier alpha value is -2.00.